The maximum absolute atomic E-state index is 5.92. The zero-order valence-electron chi connectivity index (χ0n) is 11.1. The summed E-state index contributed by atoms with van der Waals surface area (Å²) in [6.45, 7) is 4.11. The van der Waals surface area contributed by atoms with E-state index in [1.807, 2.05) is 73.8 Å². The number of hydrogen-bond acceptors (Lipinski definition) is 2. The number of hydrogen-bond donors (Lipinski definition) is 1. The molecule has 2 rings (SSSR count). The van der Waals surface area contributed by atoms with Crippen LogP contribution >= 0.6 is 0 Å². The van der Waals surface area contributed by atoms with Gasteiger partial charge in [0.05, 0.1) is 5.70 Å². The molecule has 2 aromatic rings. The molecule has 0 unspecified atom stereocenters. The fourth-order valence-corrected chi connectivity index (χ4v) is 1.90. The molecule has 0 aromatic heterocycles. The van der Waals surface area contributed by atoms with E-state index in [0.29, 0.717) is 0 Å². The topological polar surface area (TPSA) is 29.3 Å². The molecule has 2 heteroatoms. The van der Waals surface area contributed by atoms with Crippen LogP contribution in [0.3, 0.4) is 0 Å². The number of benzene rings is 2. The second-order valence-electron chi connectivity index (χ2n) is 4.40. The Labute approximate surface area is 114 Å². The lowest BCUT2D eigenvalue weighted by atomic mass is 10.0. The number of nitrogens with two attached hydrogens (primary N) is 1. The molecule has 19 heavy (non-hydrogen) atoms. The van der Waals surface area contributed by atoms with Crippen molar-refractivity contribution in [1.82, 2.24) is 5.01 Å². The van der Waals surface area contributed by atoms with Crippen molar-refractivity contribution in [3.63, 3.8) is 0 Å². The predicted molar refractivity (Wildman–Crippen MR) is 81.8 cm³/mol. The number of allylic oxidation sites excluding steroid dienone is 2. The normalized spacial score (nSPS) is 11.2. The van der Waals surface area contributed by atoms with E-state index in [2.05, 4.69) is 6.58 Å². The molecule has 0 aliphatic heterocycles. The van der Waals surface area contributed by atoms with Gasteiger partial charge in [-0.25, -0.2) is 5.84 Å². The highest BCUT2D eigenvalue weighted by Gasteiger charge is 2.05. The Morgan fingerprint density at radius 2 is 1.42 bits per heavy atom. The molecule has 0 amide bonds. The highest BCUT2D eigenvalue weighted by molar-refractivity contribution is 5.81. The van der Waals surface area contributed by atoms with Crippen LogP contribution < -0.4 is 5.84 Å². The second-order valence-corrected chi connectivity index (χ2v) is 4.40. The number of rotatable bonds is 4. The van der Waals surface area contributed by atoms with Crippen molar-refractivity contribution >= 4 is 11.3 Å². The quantitative estimate of drug-likeness (QED) is 0.511. The Morgan fingerprint density at radius 3 is 1.89 bits per heavy atom. The summed E-state index contributed by atoms with van der Waals surface area (Å²) in [6.07, 6.45) is 2.00. The van der Waals surface area contributed by atoms with Gasteiger partial charge in [0.2, 0.25) is 0 Å². The Hall–Kier alpha value is -2.32. The second kappa shape index (κ2) is 6.03. The van der Waals surface area contributed by atoms with Crippen molar-refractivity contribution in [3.8, 4) is 0 Å². The molecule has 0 fully saturated rings. The average molecular weight is 250 g/mol. The number of hydrazine groups is 1. The zero-order valence-corrected chi connectivity index (χ0v) is 11.1. The van der Waals surface area contributed by atoms with E-state index in [1.165, 1.54) is 0 Å². The fraction of sp³-hybridized carbons (Fsp3) is 0.0588. The van der Waals surface area contributed by atoms with Gasteiger partial charge < -0.3 is 5.01 Å². The molecule has 0 heterocycles. The number of nitrogens with zero attached hydrogens (tertiary/aromatic N) is 1. The molecule has 2 N–H and O–H groups in total. The Kier molecular flexibility index (Phi) is 4.16. The van der Waals surface area contributed by atoms with Crippen molar-refractivity contribution < 1.29 is 0 Å². The SMILES string of the molecule is C=C(/C=C(/c1ccccc1)N(C)N)c1ccccc1. The van der Waals surface area contributed by atoms with E-state index in [9.17, 15) is 0 Å². The molecule has 0 atom stereocenters. The van der Waals surface area contributed by atoms with Crippen molar-refractivity contribution in [2.45, 2.75) is 0 Å². The summed E-state index contributed by atoms with van der Waals surface area (Å²) < 4.78 is 0. The minimum Gasteiger partial charge on any atom is -0.314 e. The van der Waals surface area contributed by atoms with Crippen molar-refractivity contribution in [3.05, 3.63) is 84.4 Å². The molecular formula is C17H18N2. The fourth-order valence-electron chi connectivity index (χ4n) is 1.90. The van der Waals surface area contributed by atoms with Crippen molar-refractivity contribution in [2.75, 3.05) is 7.05 Å². The lowest BCUT2D eigenvalue weighted by Crippen LogP contribution is -2.24. The minimum absolute atomic E-state index is 0.939. The smallest absolute Gasteiger partial charge is 0.0592 e. The van der Waals surface area contributed by atoms with Crippen LogP contribution in [-0.4, -0.2) is 12.1 Å². The van der Waals surface area contributed by atoms with Crippen LogP contribution in [0, 0.1) is 0 Å². The lowest BCUT2D eigenvalue weighted by Gasteiger charge is -2.17. The van der Waals surface area contributed by atoms with E-state index in [-0.39, 0.29) is 0 Å². The van der Waals surface area contributed by atoms with Gasteiger partial charge in [-0.1, -0.05) is 67.2 Å². The molecule has 0 saturated heterocycles. The minimum atomic E-state index is 0.939. The first-order valence-corrected chi connectivity index (χ1v) is 6.18. The molecule has 0 bridgehead atoms. The van der Waals surface area contributed by atoms with Crippen LogP contribution in [0.5, 0.6) is 0 Å². The first-order chi connectivity index (χ1) is 9.18. The van der Waals surface area contributed by atoms with Gasteiger partial charge in [0.25, 0.3) is 0 Å². The summed E-state index contributed by atoms with van der Waals surface area (Å²) >= 11 is 0. The first-order valence-electron chi connectivity index (χ1n) is 6.18. The third kappa shape index (κ3) is 3.33. The molecule has 0 aliphatic carbocycles. The average Bonchev–Trinajstić information content (AvgIpc) is 2.46. The Balaban J connectivity index is 2.35. The first kappa shape index (κ1) is 13.1. The molecule has 0 saturated carbocycles. The van der Waals surface area contributed by atoms with Gasteiger partial charge in [-0.2, -0.15) is 0 Å². The third-order valence-corrected chi connectivity index (χ3v) is 2.91. The van der Waals surface area contributed by atoms with Crippen LogP contribution in [0.1, 0.15) is 11.1 Å². The highest BCUT2D eigenvalue weighted by atomic mass is 15.4. The van der Waals surface area contributed by atoms with Gasteiger partial charge >= 0.3 is 0 Å². The maximum Gasteiger partial charge on any atom is 0.0592 e. The molecule has 0 aliphatic rings. The van der Waals surface area contributed by atoms with Crippen LogP contribution in [0.4, 0.5) is 0 Å². The highest BCUT2D eigenvalue weighted by Crippen LogP contribution is 2.21. The molecule has 96 valence electrons. The molecule has 0 spiro atoms. The van der Waals surface area contributed by atoms with Crippen LogP contribution in [0.2, 0.25) is 0 Å². The summed E-state index contributed by atoms with van der Waals surface area (Å²) in [4.78, 5) is 0. The molecule has 2 nitrogen and oxygen atoms in total. The zero-order chi connectivity index (χ0) is 13.7. The van der Waals surface area contributed by atoms with Gasteiger partial charge in [0.1, 0.15) is 0 Å². The van der Waals surface area contributed by atoms with Gasteiger partial charge in [-0.15, -0.1) is 0 Å². The maximum atomic E-state index is 5.92. The van der Waals surface area contributed by atoms with E-state index in [0.717, 1.165) is 22.4 Å². The van der Waals surface area contributed by atoms with Crippen molar-refractivity contribution in [1.29, 1.82) is 0 Å². The monoisotopic (exact) mass is 250 g/mol. The predicted octanol–water partition coefficient (Wildman–Crippen LogP) is 3.55. The van der Waals surface area contributed by atoms with Crippen LogP contribution in [0.15, 0.2) is 73.3 Å². The van der Waals surface area contributed by atoms with E-state index in [1.54, 1.807) is 5.01 Å². The summed E-state index contributed by atoms with van der Waals surface area (Å²) in [6, 6.07) is 20.1. The largest absolute Gasteiger partial charge is 0.314 e. The van der Waals surface area contributed by atoms with E-state index in [4.69, 9.17) is 5.84 Å². The van der Waals surface area contributed by atoms with Crippen LogP contribution in [-0.2, 0) is 0 Å². The Bertz CT molecular complexity index is 569. The third-order valence-electron chi connectivity index (χ3n) is 2.91. The summed E-state index contributed by atoms with van der Waals surface area (Å²) in [5, 5.41) is 1.61. The molecular weight excluding hydrogens is 232 g/mol. The lowest BCUT2D eigenvalue weighted by molar-refractivity contribution is 0.511. The van der Waals surface area contributed by atoms with Gasteiger partial charge in [0.15, 0.2) is 0 Å². The van der Waals surface area contributed by atoms with Crippen molar-refractivity contribution in [2.24, 2.45) is 5.84 Å². The summed E-state index contributed by atoms with van der Waals surface area (Å²) in [5.74, 6) is 5.92. The van der Waals surface area contributed by atoms with Crippen LogP contribution in [0.25, 0.3) is 11.3 Å². The van der Waals surface area contributed by atoms with E-state index < -0.39 is 0 Å². The summed E-state index contributed by atoms with van der Waals surface area (Å²) in [7, 11) is 1.83. The molecule has 2 aromatic carbocycles. The Morgan fingerprint density at radius 1 is 0.947 bits per heavy atom. The van der Waals surface area contributed by atoms with Gasteiger partial charge in [-0.05, 0) is 22.8 Å². The van der Waals surface area contributed by atoms with Gasteiger partial charge in [0, 0.05) is 7.05 Å². The van der Waals surface area contributed by atoms with E-state index >= 15 is 0 Å². The molecule has 0 radical (unpaired) electrons. The van der Waals surface area contributed by atoms with Gasteiger partial charge in [-0.3, -0.25) is 0 Å². The standard InChI is InChI=1S/C17H18N2/c1-14(15-9-5-3-6-10-15)13-17(19(2)18)16-11-7-4-8-12-16/h3-13H,1,18H2,2H3/b17-13-. The summed E-state index contributed by atoms with van der Waals surface area (Å²) in [5.41, 5.74) is 4.05.